The maximum absolute atomic E-state index is 5.56. The van der Waals surface area contributed by atoms with Crippen LogP contribution in [0.3, 0.4) is 0 Å². The third-order valence-electron chi connectivity index (χ3n) is 2.41. The molecule has 1 rings (SSSR count). The summed E-state index contributed by atoms with van der Waals surface area (Å²) in [6.07, 6.45) is 0.817. The van der Waals surface area contributed by atoms with Gasteiger partial charge in [-0.05, 0) is 19.4 Å². The fraction of sp³-hybridized carbons (Fsp3) is 0.500. The lowest BCUT2D eigenvalue weighted by Gasteiger charge is -2.19. The predicted octanol–water partition coefficient (Wildman–Crippen LogP) is 1.63. The van der Waals surface area contributed by atoms with Crippen molar-refractivity contribution in [2.45, 2.75) is 19.4 Å². The number of methoxy groups -OCH3 is 1. The number of benzene rings is 1. The van der Waals surface area contributed by atoms with Crippen molar-refractivity contribution in [1.82, 2.24) is 5.43 Å². The molecule has 1 aromatic carbocycles. The minimum atomic E-state index is 0.0581. The highest BCUT2D eigenvalue weighted by atomic mass is 16.5. The van der Waals surface area contributed by atoms with Crippen LogP contribution in [0.4, 0.5) is 0 Å². The number of nitrogens with one attached hydrogen (secondary N) is 1. The predicted molar refractivity (Wildman–Crippen MR) is 64.2 cm³/mol. The Bertz CT molecular complexity index is 305. The van der Waals surface area contributed by atoms with Crippen molar-refractivity contribution in [3.63, 3.8) is 0 Å². The summed E-state index contributed by atoms with van der Waals surface area (Å²) in [5.74, 6) is 6.43. The highest BCUT2D eigenvalue weighted by molar-refractivity contribution is 5.35. The van der Waals surface area contributed by atoms with Crippen LogP contribution in [0, 0.1) is 0 Å². The smallest absolute Gasteiger partial charge is 0.124 e. The van der Waals surface area contributed by atoms with Crippen molar-refractivity contribution < 1.29 is 9.47 Å². The van der Waals surface area contributed by atoms with Gasteiger partial charge in [-0.25, -0.2) is 0 Å². The van der Waals surface area contributed by atoms with Crippen LogP contribution in [0.5, 0.6) is 5.75 Å². The Labute approximate surface area is 96.7 Å². The Hall–Kier alpha value is -1.10. The van der Waals surface area contributed by atoms with Gasteiger partial charge in [0.2, 0.25) is 0 Å². The Morgan fingerprint density at radius 3 is 2.75 bits per heavy atom. The van der Waals surface area contributed by atoms with Crippen LogP contribution in [0.25, 0.3) is 0 Å². The van der Waals surface area contributed by atoms with E-state index in [9.17, 15) is 0 Å². The quantitative estimate of drug-likeness (QED) is 0.546. The average Bonchev–Trinajstić information content (AvgIpc) is 2.32. The molecule has 0 amide bonds. The maximum atomic E-state index is 5.56. The molecule has 3 N–H and O–H groups in total. The van der Waals surface area contributed by atoms with E-state index in [4.69, 9.17) is 15.3 Å². The van der Waals surface area contributed by atoms with Gasteiger partial charge in [0.1, 0.15) is 5.75 Å². The van der Waals surface area contributed by atoms with Crippen LogP contribution in [0.1, 0.15) is 24.9 Å². The zero-order valence-corrected chi connectivity index (χ0v) is 9.90. The van der Waals surface area contributed by atoms with Gasteiger partial charge in [0, 0.05) is 19.3 Å². The van der Waals surface area contributed by atoms with Gasteiger partial charge in [0.15, 0.2) is 0 Å². The molecule has 0 saturated heterocycles. The molecule has 0 bridgehead atoms. The Kier molecular flexibility index (Phi) is 5.85. The fourth-order valence-corrected chi connectivity index (χ4v) is 1.62. The molecule has 4 nitrogen and oxygen atoms in total. The van der Waals surface area contributed by atoms with E-state index in [2.05, 4.69) is 5.43 Å². The first kappa shape index (κ1) is 13.0. The van der Waals surface area contributed by atoms with E-state index in [-0.39, 0.29) is 6.04 Å². The Balaban J connectivity index is 2.81. The molecule has 1 unspecified atom stereocenters. The lowest BCUT2D eigenvalue weighted by atomic mass is 10.0. The molecule has 0 spiro atoms. The van der Waals surface area contributed by atoms with Crippen molar-refractivity contribution in [3.8, 4) is 5.75 Å². The van der Waals surface area contributed by atoms with Gasteiger partial charge in [0.05, 0.1) is 12.6 Å². The summed E-state index contributed by atoms with van der Waals surface area (Å²) in [6.45, 7) is 3.28. The molecule has 0 fully saturated rings. The minimum Gasteiger partial charge on any atom is -0.494 e. The molecule has 1 aromatic rings. The molecule has 4 heteroatoms. The minimum absolute atomic E-state index is 0.0581. The van der Waals surface area contributed by atoms with Crippen LogP contribution in [0.2, 0.25) is 0 Å². The molecule has 0 saturated carbocycles. The van der Waals surface area contributed by atoms with E-state index in [0.717, 1.165) is 17.7 Å². The summed E-state index contributed by atoms with van der Waals surface area (Å²) in [6, 6.07) is 7.97. The van der Waals surface area contributed by atoms with Crippen molar-refractivity contribution in [2.24, 2.45) is 5.84 Å². The first-order chi connectivity index (χ1) is 7.83. The third-order valence-corrected chi connectivity index (χ3v) is 2.41. The maximum Gasteiger partial charge on any atom is 0.124 e. The zero-order chi connectivity index (χ0) is 11.8. The van der Waals surface area contributed by atoms with Crippen LogP contribution in [-0.2, 0) is 4.74 Å². The normalized spacial score (nSPS) is 12.4. The summed E-state index contributed by atoms with van der Waals surface area (Å²) in [7, 11) is 1.68. The van der Waals surface area contributed by atoms with Gasteiger partial charge in [-0.3, -0.25) is 11.3 Å². The Morgan fingerprint density at radius 2 is 2.12 bits per heavy atom. The SMILES string of the molecule is CCOc1ccccc1C(CCOC)NN. The first-order valence-electron chi connectivity index (χ1n) is 5.50. The summed E-state index contributed by atoms with van der Waals surface area (Å²) >= 11 is 0. The number of hydrogen-bond donors (Lipinski definition) is 2. The molecule has 0 radical (unpaired) electrons. The molecular formula is C12H20N2O2. The van der Waals surface area contributed by atoms with Gasteiger partial charge >= 0.3 is 0 Å². The summed E-state index contributed by atoms with van der Waals surface area (Å²) in [5, 5.41) is 0. The van der Waals surface area contributed by atoms with Crippen molar-refractivity contribution in [1.29, 1.82) is 0 Å². The molecule has 90 valence electrons. The molecule has 0 heterocycles. The molecule has 0 aromatic heterocycles. The summed E-state index contributed by atoms with van der Waals surface area (Å²) < 4.78 is 10.6. The van der Waals surface area contributed by atoms with E-state index < -0.39 is 0 Å². The Morgan fingerprint density at radius 1 is 1.38 bits per heavy atom. The van der Waals surface area contributed by atoms with E-state index in [0.29, 0.717) is 13.2 Å². The molecule has 16 heavy (non-hydrogen) atoms. The molecular weight excluding hydrogens is 204 g/mol. The van der Waals surface area contributed by atoms with E-state index in [1.165, 1.54) is 0 Å². The summed E-state index contributed by atoms with van der Waals surface area (Å²) in [4.78, 5) is 0. The van der Waals surface area contributed by atoms with Gasteiger partial charge in [-0.15, -0.1) is 0 Å². The zero-order valence-electron chi connectivity index (χ0n) is 9.90. The van der Waals surface area contributed by atoms with Crippen molar-refractivity contribution >= 4 is 0 Å². The molecule has 0 aliphatic heterocycles. The number of rotatable bonds is 7. The van der Waals surface area contributed by atoms with Crippen molar-refractivity contribution in [3.05, 3.63) is 29.8 Å². The number of hydrogen-bond acceptors (Lipinski definition) is 4. The number of hydrazine groups is 1. The first-order valence-corrected chi connectivity index (χ1v) is 5.50. The van der Waals surface area contributed by atoms with Crippen molar-refractivity contribution in [2.75, 3.05) is 20.3 Å². The topological polar surface area (TPSA) is 56.5 Å². The van der Waals surface area contributed by atoms with E-state index in [1.807, 2.05) is 31.2 Å². The lowest BCUT2D eigenvalue weighted by molar-refractivity contribution is 0.182. The third kappa shape index (κ3) is 3.48. The second kappa shape index (κ2) is 7.22. The molecule has 1 atom stereocenters. The largest absolute Gasteiger partial charge is 0.494 e. The molecule has 0 aliphatic rings. The summed E-state index contributed by atoms with van der Waals surface area (Å²) in [5.41, 5.74) is 3.87. The molecule has 0 aliphatic carbocycles. The number of ether oxygens (including phenoxy) is 2. The second-order valence-electron chi connectivity index (χ2n) is 3.47. The lowest BCUT2D eigenvalue weighted by Crippen LogP contribution is -2.29. The monoisotopic (exact) mass is 224 g/mol. The highest BCUT2D eigenvalue weighted by Crippen LogP contribution is 2.26. The van der Waals surface area contributed by atoms with Crippen LogP contribution in [0.15, 0.2) is 24.3 Å². The second-order valence-corrected chi connectivity index (χ2v) is 3.47. The van der Waals surface area contributed by atoms with Crippen LogP contribution < -0.4 is 16.0 Å². The number of nitrogens with two attached hydrogens (primary N) is 1. The van der Waals surface area contributed by atoms with E-state index >= 15 is 0 Å². The van der Waals surface area contributed by atoms with E-state index in [1.54, 1.807) is 7.11 Å². The van der Waals surface area contributed by atoms with Gasteiger partial charge in [-0.1, -0.05) is 18.2 Å². The van der Waals surface area contributed by atoms with Crippen LogP contribution in [-0.4, -0.2) is 20.3 Å². The van der Waals surface area contributed by atoms with Gasteiger partial charge in [-0.2, -0.15) is 0 Å². The highest BCUT2D eigenvalue weighted by Gasteiger charge is 2.13. The van der Waals surface area contributed by atoms with Gasteiger partial charge < -0.3 is 9.47 Å². The van der Waals surface area contributed by atoms with Crippen LogP contribution >= 0.6 is 0 Å². The average molecular weight is 224 g/mol. The fourth-order valence-electron chi connectivity index (χ4n) is 1.62. The van der Waals surface area contributed by atoms with Gasteiger partial charge in [0.25, 0.3) is 0 Å². The standard InChI is InChI=1S/C12H20N2O2/c1-3-16-12-7-5-4-6-10(12)11(14-13)8-9-15-2/h4-7,11,14H,3,8-9,13H2,1-2H3. The number of para-hydroxylation sites is 1.